The Labute approximate surface area is 84.6 Å². The minimum Gasteiger partial charge on any atom is -0.103 e. The van der Waals surface area contributed by atoms with Crippen molar-refractivity contribution in [1.82, 2.24) is 0 Å². The van der Waals surface area contributed by atoms with Crippen LogP contribution in [-0.4, -0.2) is 5.33 Å². The monoisotopic (exact) mass is 230 g/mol. The molecule has 0 radical (unpaired) electrons. The summed E-state index contributed by atoms with van der Waals surface area (Å²) in [6.45, 7) is 6.17. The molecular formula is C11H19Br. The third kappa shape index (κ3) is 2.62. The van der Waals surface area contributed by atoms with Crippen molar-refractivity contribution < 1.29 is 0 Å². The Balaban J connectivity index is 2.27. The second-order valence-corrected chi connectivity index (χ2v) is 4.80. The normalized spacial score (nSPS) is 21.8. The fourth-order valence-corrected chi connectivity index (χ4v) is 2.55. The third-order valence-corrected chi connectivity index (χ3v) is 4.31. The van der Waals surface area contributed by atoms with Crippen LogP contribution in [0, 0.1) is 11.3 Å². The van der Waals surface area contributed by atoms with Gasteiger partial charge in [-0.3, -0.25) is 0 Å². The molecule has 0 nitrogen and oxygen atoms in total. The minimum absolute atomic E-state index is 0.572. The van der Waals surface area contributed by atoms with Gasteiger partial charge in [-0.1, -0.05) is 28.9 Å². The van der Waals surface area contributed by atoms with Crippen LogP contribution in [0.3, 0.4) is 0 Å². The summed E-state index contributed by atoms with van der Waals surface area (Å²) in [5, 5.41) is 1.17. The maximum Gasteiger partial charge on any atom is 0.00879 e. The molecule has 0 aromatic rings. The molecule has 12 heavy (non-hydrogen) atoms. The zero-order chi connectivity index (χ0) is 9.03. The van der Waals surface area contributed by atoms with Crippen molar-refractivity contribution in [2.45, 2.75) is 39.0 Å². The number of alkyl halides is 1. The average molecular weight is 231 g/mol. The number of rotatable bonds is 6. The van der Waals surface area contributed by atoms with E-state index in [9.17, 15) is 0 Å². The Kier molecular flexibility index (Phi) is 3.82. The number of halogens is 1. The molecule has 0 aliphatic heterocycles. The van der Waals surface area contributed by atoms with E-state index in [4.69, 9.17) is 0 Å². The van der Waals surface area contributed by atoms with Crippen molar-refractivity contribution in [3.63, 3.8) is 0 Å². The van der Waals surface area contributed by atoms with Gasteiger partial charge in [0.15, 0.2) is 0 Å². The fraction of sp³-hybridized carbons (Fsp3) is 0.818. The lowest BCUT2D eigenvalue weighted by molar-refractivity contribution is 0.287. The molecule has 1 aliphatic rings. The molecular weight excluding hydrogens is 212 g/mol. The molecule has 70 valence electrons. The van der Waals surface area contributed by atoms with Crippen LogP contribution in [0.4, 0.5) is 0 Å². The minimum atomic E-state index is 0.572. The summed E-state index contributed by atoms with van der Waals surface area (Å²) in [5.41, 5.74) is 0.572. The molecule has 0 amide bonds. The first kappa shape index (κ1) is 10.3. The van der Waals surface area contributed by atoms with Gasteiger partial charge >= 0.3 is 0 Å². The van der Waals surface area contributed by atoms with Gasteiger partial charge in [0.1, 0.15) is 0 Å². The van der Waals surface area contributed by atoms with Crippen LogP contribution in [-0.2, 0) is 0 Å². The van der Waals surface area contributed by atoms with Crippen LogP contribution in [0.15, 0.2) is 12.7 Å². The van der Waals surface area contributed by atoms with Crippen molar-refractivity contribution in [2.24, 2.45) is 11.3 Å². The Hall–Kier alpha value is 0.220. The molecule has 0 bridgehead atoms. The molecule has 1 unspecified atom stereocenters. The van der Waals surface area contributed by atoms with Gasteiger partial charge in [0.2, 0.25) is 0 Å². The molecule has 1 heteroatoms. The number of hydrogen-bond donors (Lipinski definition) is 0. The summed E-state index contributed by atoms with van der Waals surface area (Å²) in [5.74, 6) is 1.00. The standard InChI is InChI=1S/C11H19Br/c1-3-4-5-8-11(2,9-12)10-6-7-10/h3,10H,1,4-9H2,2H3. The van der Waals surface area contributed by atoms with E-state index in [1.165, 1.54) is 37.4 Å². The molecule has 0 aromatic heterocycles. The summed E-state index contributed by atoms with van der Waals surface area (Å²) in [4.78, 5) is 0. The number of allylic oxidation sites excluding steroid dienone is 1. The molecule has 1 rings (SSSR count). The lowest BCUT2D eigenvalue weighted by Crippen LogP contribution is -2.20. The van der Waals surface area contributed by atoms with Gasteiger partial charge in [-0.05, 0) is 43.4 Å². The molecule has 0 saturated heterocycles. The number of unbranched alkanes of at least 4 members (excludes halogenated alkanes) is 1. The fourth-order valence-electron chi connectivity index (χ4n) is 1.81. The molecule has 0 N–H and O–H groups in total. The Morgan fingerprint density at radius 2 is 2.25 bits per heavy atom. The van der Waals surface area contributed by atoms with Gasteiger partial charge < -0.3 is 0 Å². The predicted molar refractivity (Wildman–Crippen MR) is 58.7 cm³/mol. The van der Waals surface area contributed by atoms with Crippen molar-refractivity contribution >= 4 is 15.9 Å². The van der Waals surface area contributed by atoms with Crippen molar-refractivity contribution in [3.05, 3.63) is 12.7 Å². The van der Waals surface area contributed by atoms with Crippen LogP contribution in [0.1, 0.15) is 39.0 Å². The maximum absolute atomic E-state index is 3.75. The van der Waals surface area contributed by atoms with Gasteiger partial charge in [-0.15, -0.1) is 6.58 Å². The maximum atomic E-state index is 3.75. The van der Waals surface area contributed by atoms with E-state index in [-0.39, 0.29) is 0 Å². The highest BCUT2D eigenvalue weighted by atomic mass is 79.9. The van der Waals surface area contributed by atoms with Crippen molar-refractivity contribution in [2.75, 3.05) is 5.33 Å². The highest BCUT2D eigenvalue weighted by Crippen LogP contribution is 2.49. The van der Waals surface area contributed by atoms with E-state index in [1.54, 1.807) is 0 Å². The zero-order valence-corrected chi connectivity index (χ0v) is 9.57. The van der Waals surface area contributed by atoms with Gasteiger partial charge in [0.05, 0.1) is 0 Å². The van der Waals surface area contributed by atoms with Gasteiger partial charge in [0, 0.05) is 5.33 Å². The van der Waals surface area contributed by atoms with E-state index in [1.807, 2.05) is 6.08 Å². The van der Waals surface area contributed by atoms with E-state index in [2.05, 4.69) is 29.4 Å². The first-order valence-electron chi connectivity index (χ1n) is 4.90. The Morgan fingerprint density at radius 3 is 2.67 bits per heavy atom. The molecule has 0 aromatic carbocycles. The van der Waals surface area contributed by atoms with Gasteiger partial charge in [-0.25, -0.2) is 0 Å². The molecule has 1 fully saturated rings. The van der Waals surface area contributed by atoms with Crippen LogP contribution < -0.4 is 0 Å². The van der Waals surface area contributed by atoms with E-state index in [0.717, 1.165) is 5.92 Å². The van der Waals surface area contributed by atoms with Crippen molar-refractivity contribution in [3.8, 4) is 0 Å². The summed E-state index contributed by atoms with van der Waals surface area (Å²) in [6, 6.07) is 0. The lowest BCUT2D eigenvalue weighted by Gasteiger charge is -2.27. The summed E-state index contributed by atoms with van der Waals surface area (Å²) in [7, 11) is 0. The molecule has 1 saturated carbocycles. The van der Waals surface area contributed by atoms with E-state index in [0.29, 0.717) is 5.41 Å². The average Bonchev–Trinajstić information content (AvgIpc) is 2.87. The predicted octanol–water partition coefficient (Wildman–Crippen LogP) is 4.15. The van der Waals surface area contributed by atoms with Crippen LogP contribution in [0.5, 0.6) is 0 Å². The summed E-state index contributed by atoms with van der Waals surface area (Å²) < 4.78 is 0. The smallest absolute Gasteiger partial charge is 0.00879 e. The number of hydrogen-bond acceptors (Lipinski definition) is 0. The third-order valence-electron chi connectivity index (χ3n) is 3.02. The van der Waals surface area contributed by atoms with Crippen LogP contribution in [0.25, 0.3) is 0 Å². The largest absolute Gasteiger partial charge is 0.103 e. The Morgan fingerprint density at radius 1 is 1.58 bits per heavy atom. The molecule has 1 atom stereocenters. The first-order valence-corrected chi connectivity index (χ1v) is 6.02. The van der Waals surface area contributed by atoms with Crippen LogP contribution >= 0.6 is 15.9 Å². The Bertz CT molecular complexity index is 149. The van der Waals surface area contributed by atoms with E-state index >= 15 is 0 Å². The molecule has 0 heterocycles. The van der Waals surface area contributed by atoms with Crippen LogP contribution in [0.2, 0.25) is 0 Å². The van der Waals surface area contributed by atoms with Gasteiger partial charge in [0.25, 0.3) is 0 Å². The second-order valence-electron chi connectivity index (χ2n) is 4.24. The highest BCUT2D eigenvalue weighted by molar-refractivity contribution is 9.09. The second kappa shape index (κ2) is 4.45. The van der Waals surface area contributed by atoms with Gasteiger partial charge in [-0.2, -0.15) is 0 Å². The molecule has 1 aliphatic carbocycles. The van der Waals surface area contributed by atoms with E-state index < -0.39 is 0 Å². The SMILES string of the molecule is C=CCCCC(C)(CBr)C1CC1. The summed E-state index contributed by atoms with van der Waals surface area (Å²) >= 11 is 3.64. The highest BCUT2D eigenvalue weighted by Gasteiger charge is 2.39. The molecule has 0 spiro atoms. The summed E-state index contributed by atoms with van der Waals surface area (Å²) in [6.07, 6.45) is 8.78. The quantitative estimate of drug-likeness (QED) is 0.366. The lowest BCUT2D eigenvalue weighted by atomic mass is 9.82. The topological polar surface area (TPSA) is 0 Å². The first-order chi connectivity index (χ1) is 5.73. The van der Waals surface area contributed by atoms with Crippen molar-refractivity contribution in [1.29, 1.82) is 0 Å². The zero-order valence-electron chi connectivity index (χ0n) is 7.98.